The summed E-state index contributed by atoms with van der Waals surface area (Å²) in [4.78, 5) is 23.4. The molecule has 0 aromatic heterocycles. The van der Waals surface area contributed by atoms with Crippen LogP contribution >= 0.6 is 0 Å². The minimum Gasteiger partial charge on any atom is -0.487 e. The van der Waals surface area contributed by atoms with Crippen LogP contribution in [0, 0.1) is 6.92 Å². The summed E-state index contributed by atoms with van der Waals surface area (Å²) in [5.41, 5.74) is 4.35. The van der Waals surface area contributed by atoms with E-state index in [4.69, 9.17) is 18.9 Å². The van der Waals surface area contributed by atoms with E-state index in [1.807, 2.05) is 43.3 Å². The third kappa shape index (κ3) is 8.08. The molecule has 34 heavy (non-hydrogen) atoms. The number of esters is 2. The summed E-state index contributed by atoms with van der Waals surface area (Å²) in [5.74, 6) is -0.0984. The average molecular weight is 469 g/mol. The van der Waals surface area contributed by atoms with Crippen molar-refractivity contribution in [3.05, 3.63) is 71.8 Å². The molecule has 0 bridgehead atoms. The van der Waals surface area contributed by atoms with E-state index in [1.165, 1.54) is 0 Å². The van der Waals surface area contributed by atoms with Crippen LogP contribution in [0.3, 0.4) is 0 Å². The third-order valence-corrected chi connectivity index (χ3v) is 4.73. The molecule has 182 valence electrons. The van der Waals surface area contributed by atoms with E-state index in [9.17, 15) is 14.7 Å². The Morgan fingerprint density at radius 1 is 0.824 bits per heavy atom. The Bertz CT molecular complexity index is 1020. The Morgan fingerprint density at radius 2 is 1.44 bits per heavy atom. The van der Waals surface area contributed by atoms with Crippen molar-refractivity contribution < 1.29 is 33.6 Å². The fourth-order valence-corrected chi connectivity index (χ4v) is 2.96. The van der Waals surface area contributed by atoms with E-state index >= 15 is 0 Å². The number of carbonyl (C=O) groups excluding carboxylic acids is 2. The van der Waals surface area contributed by atoms with Crippen molar-refractivity contribution in [3.8, 4) is 22.6 Å². The quantitative estimate of drug-likeness (QED) is 0.268. The first kappa shape index (κ1) is 26.7. The van der Waals surface area contributed by atoms with Gasteiger partial charge in [0.25, 0.3) is 0 Å². The van der Waals surface area contributed by atoms with Gasteiger partial charge in [0.05, 0.1) is 13.2 Å². The van der Waals surface area contributed by atoms with Crippen LogP contribution in [-0.2, 0) is 25.5 Å². The lowest BCUT2D eigenvalue weighted by Crippen LogP contribution is -2.14. The topological polar surface area (TPSA) is 91.3 Å². The van der Waals surface area contributed by atoms with E-state index < -0.39 is 11.9 Å². The molecule has 0 aliphatic rings. The smallest absolute Gasteiger partial charge is 0.333 e. The number of ether oxygens (including phenoxy) is 4. The molecule has 0 fully saturated rings. The molecule has 0 heterocycles. The van der Waals surface area contributed by atoms with Gasteiger partial charge in [-0.2, -0.15) is 0 Å². The van der Waals surface area contributed by atoms with Gasteiger partial charge in [-0.1, -0.05) is 43.0 Å². The van der Waals surface area contributed by atoms with E-state index in [-0.39, 0.29) is 33.0 Å². The van der Waals surface area contributed by atoms with Crippen LogP contribution in [0.4, 0.5) is 0 Å². The fraction of sp³-hybridized carbons (Fsp3) is 0.333. The van der Waals surface area contributed by atoms with Crippen molar-refractivity contribution in [2.45, 2.75) is 27.2 Å². The largest absolute Gasteiger partial charge is 0.487 e. The number of rotatable bonds is 13. The van der Waals surface area contributed by atoms with Crippen LogP contribution < -0.4 is 9.47 Å². The summed E-state index contributed by atoms with van der Waals surface area (Å²) >= 11 is 0. The number of benzene rings is 2. The van der Waals surface area contributed by atoms with Crippen molar-refractivity contribution in [2.24, 2.45) is 0 Å². The molecular formula is C27H32O7. The van der Waals surface area contributed by atoms with Crippen LogP contribution in [0.15, 0.2) is 60.7 Å². The maximum atomic E-state index is 11.8. The zero-order chi connectivity index (χ0) is 25.1. The predicted molar refractivity (Wildman–Crippen MR) is 130 cm³/mol. The molecule has 2 aromatic carbocycles. The lowest BCUT2D eigenvalue weighted by atomic mass is 9.99. The molecule has 7 heteroatoms. The highest BCUT2D eigenvalue weighted by atomic mass is 16.6. The molecule has 7 nitrogen and oxygen atoms in total. The maximum Gasteiger partial charge on any atom is 0.333 e. The molecule has 2 rings (SSSR count). The summed E-state index contributed by atoms with van der Waals surface area (Å²) in [6, 6.07) is 11.8. The number of aryl methyl sites for hydroxylation is 1. The monoisotopic (exact) mass is 468 g/mol. The van der Waals surface area contributed by atoms with Crippen molar-refractivity contribution in [1.82, 2.24) is 0 Å². The molecule has 0 saturated carbocycles. The lowest BCUT2D eigenvalue weighted by molar-refractivity contribution is -0.140. The molecule has 0 aliphatic heterocycles. The molecule has 0 spiro atoms. The van der Waals surface area contributed by atoms with Gasteiger partial charge in [-0.15, -0.1) is 0 Å². The molecule has 0 radical (unpaired) electrons. The van der Waals surface area contributed by atoms with Gasteiger partial charge in [0.2, 0.25) is 0 Å². The molecule has 0 saturated heterocycles. The average Bonchev–Trinajstić information content (AvgIpc) is 2.80. The number of aliphatic hydroxyl groups excluding tert-OH is 1. The number of carbonyl (C=O) groups is 2. The van der Waals surface area contributed by atoms with Crippen LogP contribution in [0.1, 0.15) is 25.0 Å². The van der Waals surface area contributed by atoms with Crippen LogP contribution in [0.25, 0.3) is 11.1 Å². The van der Waals surface area contributed by atoms with Gasteiger partial charge in [0, 0.05) is 23.1 Å². The first-order valence-corrected chi connectivity index (χ1v) is 11.0. The zero-order valence-electron chi connectivity index (χ0n) is 20.0. The second-order valence-corrected chi connectivity index (χ2v) is 7.83. The second kappa shape index (κ2) is 13.2. The Morgan fingerprint density at radius 3 is 2.03 bits per heavy atom. The van der Waals surface area contributed by atoms with Gasteiger partial charge < -0.3 is 24.1 Å². The first-order valence-electron chi connectivity index (χ1n) is 11.0. The summed E-state index contributed by atoms with van der Waals surface area (Å²) in [6.45, 7) is 12.4. The Kier molecular flexibility index (Phi) is 10.4. The Hall–Kier alpha value is -3.58. The molecule has 1 N–H and O–H groups in total. The minimum absolute atomic E-state index is 0.0332. The zero-order valence-corrected chi connectivity index (χ0v) is 20.0. The highest BCUT2D eigenvalue weighted by molar-refractivity contribution is 5.87. The molecule has 2 aromatic rings. The Balaban J connectivity index is 2.35. The fourth-order valence-electron chi connectivity index (χ4n) is 2.96. The van der Waals surface area contributed by atoms with Gasteiger partial charge in [0.1, 0.15) is 19.8 Å². The lowest BCUT2D eigenvalue weighted by Gasteiger charge is -2.18. The van der Waals surface area contributed by atoms with Crippen LogP contribution in [0.2, 0.25) is 0 Å². The summed E-state index contributed by atoms with van der Waals surface area (Å²) in [7, 11) is 0. The van der Waals surface area contributed by atoms with Crippen molar-refractivity contribution in [2.75, 3.05) is 33.0 Å². The van der Waals surface area contributed by atoms with Gasteiger partial charge >= 0.3 is 11.9 Å². The van der Waals surface area contributed by atoms with Crippen molar-refractivity contribution in [3.63, 3.8) is 0 Å². The number of hydrogen-bond acceptors (Lipinski definition) is 7. The molecule has 0 amide bonds. The maximum absolute atomic E-state index is 11.8. The standard InChI is InChI=1S/C27H32O7/c1-18(2)26(29)33-12-10-22-16-23(21-8-6-20(5)7-9-21)17-24(25(22)32-13-11-28)31-14-15-34-27(30)19(3)4/h6-9,16-17,28H,1,3,10-15H2,2,4-5H3. The van der Waals surface area contributed by atoms with E-state index in [1.54, 1.807) is 13.8 Å². The highest BCUT2D eigenvalue weighted by Gasteiger charge is 2.16. The SMILES string of the molecule is C=C(C)C(=O)OCCOc1cc(-c2ccc(C)cc2)cc(CCOC(=O)C(=C)C)c1OCCO. The molecule has 0 unspecified atom stereocenters. The predicted octanol–water partition coefficient (Wildman–Crippen LogP) is 4.19. The first-order chi connectivity index (χ1) is 16.2. The molecular weight excluding hydrogens is 436 g/mol. The molecule has 0 aliphatic carbocycles. The van der Waals surface area contributed by atoms with Gasteiger partial charge in [0.15, 0.2) is 11.5 Å². The van der Waals surface area contributed by atoms with Crippen molar-refractivity contribution in [1.29, 1.82) is 0 Å². The third-order valence-electron chi connectivity index (χ3n) is 4.73. The van der Waals surface area contributed by atoms with Crippen LogP contribution in [0.5, 0.6) is 11.5 Å². The van der Waals surface area contributed by atoms with Gasteiger partial charge in [-0.25, -0.2) is 9.59 Å². The highest BCUT2D eigenvalue weighted by Crippen LogP contribution is 2.37. The number of aliphatic hydroxyl groups is 1. The van der Waals surface area contributed by atoms with Gasteiger partial charge in [-0.05, 0) is 44.0 Å². The normalized spacial score (nSPS) is 10.4. The summed E-state index contributed by atoms with van der Waals surface area (Å²) in [6.07, 6.45) is 0.362. The minimum atomic E-state index is -0.492. The van der Waals surface area contributed by atoms with E-state index in [0.717, 1.165) is 22.3 Å². The second-order valence-electron chi connectivity index (χ2n) is 7.83. The van der Waals surface area contributed by atoms with Crippen LogP contribution in [-0.4, -0.2) is 50.1 Å². The summed E-state index contributed by atoms with van der Waals surface area (Å²) in [5, 5.41) is 9.29. The van der Waals surface area contributed by atoms with Gasteiger partial charge in [-0.3, -0.25) is 0 Å². The molecule has 0 atom stereocenters. The van der Waals surface area contributed by atoms with E-state index in [2.05, 4.69) is 13.2 Å². The van der Waals surface area contributed by atoms with Crippen molar-refractivity contribution >= 4 is 11.9 Å². The number of hydrogen-bond donors (Lipinski definition) is 1. The van der Waals surface area contributed by atoms with E-state index in [0.29, 0.717) is 29.1 Å². The Labute approximate surface area is 200 Å². The summed E-state index contributed by atoms with van der Waals surface area (Å²) < 4.78 is 22.1.